The molecule has 10 heteroatoms. The normalized spacial score (nSPS) is 14.1. The fraction of sp³-hybridized carbons (Fsp3) is 0.263. The SMILES string of the molecule is COc1ccc(-c2csc(C(C(=O)ON=O)c3ccnc(NC4CC4)n3)n2)cc1. The Morgan fingerprint density at radius 1 is 1.24 bits per heavy atom. The monoisotopic (exact) mass is 411 g/mol. The molecule has 0 aliphatic heterocycles. The topological polar surface area (TPSA) is 116 Å². The summed E-state index contributed by atoms with van der Waals surface area (Å²) in [6.07, 6.45) is 3.68. The second-order valence-corrected chi connectivity index (χ2v) is 7.33. The lowest BCUT2D eigenvalue weighted by molar-refractivity contribution is -0.144. The number of benzene rings is 1. The number of aromatic nitrogens is 3. The molecule has 1 unspecified atom stereocenters. The van der Waals surface area contributed by atoms with Gasteiger partial charge in [0, 0.05) is 23.2 Å². The van der Waals surface area contributed by atoms with Crippen molar-refractivity contribution in [3.8, 4) is 17.0 Å². The third kappa shape index (κ3) is 4.37. The highest BCUT2D eigenvalue weighted by Crippen LogP contribution is 2.32. The van der Waals surface area contributed by atoms with E-state index in [0.717, 1.165) is 24.2 Å². The van der Waals surface area contributed by atoms with E-state index in [9.17, 15) is 9.70 Å². The molecule has 1 aromatic carbocycles. The lowest BCUT2D eigenvalue weighted by atomic mass is 10.1. The van der Waals surface area contributed by atoms with Crippen LogP contribution in [-0.2, 0) is 9.63 Å². The van der Waals surface area contributed by atoms with E-state index < -0.39 is 11.9 Å². The molecule has 1 atom stereocenters. The van der Waals surface area contributed by atoms with Gasteiger partial charge in [-0.1, -0.05) is 0 Å². The summed E-state index contributed by atoms with van der Waals surface area (Å²) in [7, 11) is 1.60. The predicted octanol–water partition coefficient (Wildman–Crippen LogP) is 3.54. The first-order chi connectivity index (χ1) is 14.2. The molecule has 148 valence electrons. The minimum atomic E-state index is -0.979. The van der Waals surface area contributed by atoms with Crippen LogP contribution in [0.2, 0.25) is 0 Å². The van der Waals surface area contributed by atoms with Gasteiger partial charge in [-0.25, -0.2) is 19.7 Å². The summed E-state index contributed by atoms with van der Waals surface area (Å²) in [4.78, 5) is 40.6. The minimum absolute atomic E-state index is 0.355. The largest absolute Gasteiger partial charge is 0.497 e. The number of hydrogen-bond acceptors (Lipinski definition) is 10. The van der Waals surface area contributed by atoms with Gasteiger partial charge in [-0.2, -0.15) is 0 Å². The molecule has 0 radical (unpaired) electrons. The molecule has 1 N–H and O–H groups in total. The number of methoxy groups -OCH3 is 1. The van der Waals surface area contributed by atoms with Crippen LogP contribution in [0.4, 0.5) is 5.95 Å². The van der Waals surface area contributed by atoms with E-state index in [1.807, 2.05) is 29.6 Å². The molecule has 1 aliphatic carbocycles. The van der Waals surface area contributed by atoms with Crippen molar-refractivity contribution in [2.45, 2.75) is 24.8 Å². The Morgan fingerprint density at radius 2 is 2.03 bits per heavy atom. The number of carbonyl (C=O) groups is 1. The van der Waals surface area contributed by atoms with Crippen LogP contribution in [0.25, 0.3) is 11.3 Å². The van der Waals surface area contributed by atoms with E-state index in [2.05, 4.69) is 30.4 Å². The summed E-state index contributed by atoms with van der Waals surface area (Å²) in [5.74, 6) is -0.660. The van der Waals surface area contributed by atoms with Crippen molar-refractivity contribution >= 4 is 23.3 Å². The highest BCUT2D eigenvalue weighted by atomic mass is 32.1. The molecular weight excluding hydrogens is 394 g/mol. The van der Waals surface area contributed by atoms with Gasteiger partial charge in [0.05, 0.1) is 18.5 Å². The van der Waals surface area contributed by atoms with E-state index in [1.165, 1.54) is 11.3 Å². The number of ether oxygens (including phenoxy) is 1. The van der Waals surface area contributed by atoms with Crippen molar-refractivity contribution in [3.05, 3.63) is 57.5 Å². The van der Waals surface area contributed by atoms with Gasteiger partial charge in [0.15, 0.2) is 11.3 Å². The second-order valence-electron chi connectivity index (χ2n) is 6.44. The summed E-state index contributed by atoms with van der Waals surface area (Å²) in [6, 6.07) is 9.37. The molecule has 3 aromatic rings. The molecule has 2 heterocycles. The van der Waals surface area contributed by atoms with Crippen LogP contribution in [0.5, 0.6) is 5.75 Å². The van der Waals surface area contributed by atoms with Crippen LogP contribution in [0.3, 0.4) is 0 Å². The molecule has 29 heavy (non-hydrogen) atoms. The van der Waals surface area contributed by atoms with Gasteiger partial charge in [-0.05, 0) is 43.2 Å². The number of nitrogens with zero attached hydrogens (tertiary/aromatic N) is 4. The maximum atomic E-state index is 12.5. The highest BCUT2D eigenvalue weighted by molar-refractivity contribution is 7.10. The number of carbonyl (C=O) groups excluding carboxylic acids is 1. The van der Waals surface area contributed by atoms with E-state index in [-0.39, 0.29) is 0 Å². The Bertz CT molecular complexity index is 1020. The molecule has 4 rings (SSSR count). The Balaban J connectivity index is 1.66. The number of hydrogen-bond donors (Lipinski definition) is 1. The van der Waals surface area contributed by atoms with E-state index in [1.54, 1.807) is 19.4 Å². The van der Waals surface area contributed by atoms with Crippen molar-refractivity contribution < 1.29 is 14.4 Å². The zero-order chi connectivity index (χ0) is 20.2. The Morgan fingerprint density at radius 3 is 2.72 bits per heavy atom. The Hall–Kier alpha value is -3.40. The maximum absolute atomic E-state index is 12.5. The summed E-state index contributed by atoms with van der Waals surface area (Å²) in [5.41, 5.74) is 1.94. The molecule has 0 bridgehead atoms. The average Bonchev–Trinajstić information content (AvgIpc) is 3.42. The Kier molecular flexibility index (Phi) is 5.43. The third-order valence-electron chi connectivity index (χ3n) is 4.40. The molecule has 1 saturated carbocycles. The number of nitrogens with one attached hydrogen (secondary N) is 1. The quantitative estimate of drug-likeness (QED) is 0.442. The van der Waals surface area contributed by atoms with Gasteiger partial charge >= 0.3 is 5.97 Å². The smallest absolute Gasteiger partial charge is 0.354 e. The standard InChI is InChI=1S/C19H17N5O4S/c1-27-13-6-2-11(3-7-13)15-10-29-17(22-15)16(18(25)28-24-26)14-8-9-20-19(23-14)21-12-4-5-12/h2-3,6-10,12,16H,4-5H2,1H3,(H,20,21,23). The predicted molar refractivity (Wildman–Crippen MR) is 107 cm³/mol. The average molecular weight is 411 g/mol. The zero-order valence-corrected chi connectivity index (χ0v) is 16.3. The van der Waals surface area contributed by atoms with E-state index >= 15 is 0 Å². The summed E-state index contributed by atoms with van der Waals surface area (Å²) >= 11 is 1.28. The molecular formula is C19H17N5O4S. The first-order valence-corrected chi connectivity index (χ1v) is 9.78. The summed E-state index contributed by atoms with van der Waals surface area (Å²) < 4.78 is 5.17. The zero-order valence-electron chi connectivity index (χ0n) is 15.4. The van der Waals surface area contributed by atoms with Crippen molar-refractivity contribution in [1.29, 1.82) is 0 Å². The summed E-state index contributed by atoms with van der Waals surface area (Å²) in [6.45, 7) is 0. The molecule has 1 aliphatic rings. The summed E-state index contributed by atoms with van der Waals surface area (Å²) in [5, 5.41) is 7.74. The maximum Gasteiger partial charge on any atom is 0.354 e. The van der Waals surface area contributed by atoms with Gasteiger partial charge in [-0.3, -0.25) is 4.84 Å². The molecule has 0 spiro atoms. The molecule has 1 fully saturated rings. The number of anilines is 1. The van der Waals surface area contributed by atoms with E-state index in [4.69, 9.17) is 4.74 Å². The Labute approximate surface area is 170 Å². The molecule has 9 nitrogen and oxygen atoms in total. The molecule has 0 saturated heterocycles. The van der Waals surface area contributed by atoms with Crippen molar-refractivity contribution in [1.82, 2.24) is 15.0 Å². The van der Waals surface area contributed by atoms with Gasteiger partial charge < -0.3 is 10.1 Å². The third-order valence-corrected chi connectivity index (χ3v) is 5.31. The van der Waals surface area contributed by atoms with Crippen LogP contribution >= 0.6 is 11.3 Å². The van der Waals surface area contributed by atoms with Gasteiger partial charge in [-0.15, -0.1) is 16.2 Å². The van der Waals surface area contributed by atoms with Crippen LogP contribution in [0.1, 0.15) is 29.5 Å². The van der Waals surface area contributed by atoms with Gasteiger partial charge in [0.2, 0.25) is 5.95 Å². The molecule has 2 aromatic heterocycles. The highest BCUT2D eigenvalue weighted by Gasteiger charge is 2.31. The van der Waals surface area contributed by atoms with Crippen molar-refractivity contribution in [2.24, 2.45) is 5.34 Å². The fourth-order valence-electron chi connectivity index (χ4n) is 2.77. The lowest BCUT2D eigenvalue weighted by Crippen LogP contribution is -2.18. The van der Waals surface area contributed by atoms with Gasteiger partial charge in [0.25, 0.3) is 0 Å². The van der Waals surface area contributed by atoms with Crippen molar-refractivity contribution in [3.63, 3.8) is 0 Å². The second kappa shape index (κ2) is 8.31. The fourth-order valence-corrected chi connectivity index (χ4v) is 3.69. The number of thiazole rings is 1. The first-order valence-electron chi connectivity index (χ1n) is 8.91. The lowest BCUT2D eigenvalue weighted by Gasteiger charge is -2.11. The first kappa shape index (κ1) is 18.9. The van der Waals surface area contributed by atoms with Crippen LogP contribution in [-0.4, -0.2) is 34.1 Å². The van der Waals surface area contributed by atoms with Crippen LogP contribution < -0.4 is 10.1 Å². The minimum Gasteiger partial charge on any atom is -0.497 e. The van der Waals surface area contributed by atoms with Crippen LogP contribution in [0.15, 0.2) is 47.2 Å². The van der Waals surface area contributed by atoms with Crippen molar-refractivity contribution in [2.75, 3.05) is 12.4 Å². The number of rotatable bonds is 8. The van der Waals surface area contributed by atoms with E-state index in [0.29, 0.717) is 28.4 Å². The van der Waals surface area contributed by atoms with Gasteiger partial charge in [0.1, 0.15) is 10.8 Å². The molecule has 0 amide bonds. The van der Waals surface area contributed by atoms with Crippen LogP contribution in [0, 0.1) is 4.91 Å².